The Labute approximate surface area is 157 Å². The van der Waals surface area contributed by atoms with E-state index in [1.54, 1.807) is 48.4 Å². The Morgan fingerprint density at radius 2 is 1.81 bits per heavy atom. The molecule has 1 aliphatic rings. The van der Waals surface area contributed by atoms with E-state index in [2.05, 4.69) is 0 Å². The predicted octanol–water partition coefficient (Wildman–Crippen LogP) is 1.48. The minimum absolute atomic E-state index is 0.0336. The predicted molar refractivity (Wildman–Crippen MR) is 98.2 cm³/mol. The van der Waals surface area contributed by atoms with Crippen LogP contribution in [0.25, 0.3) is 0 Å². The smallest absolute Gasteiger partial charge is 0.380 e. The Balaban J connectivity index is 1.86. The third kappa shape index (κ3) is 4.32. The van der Waals surface area contributed by atoms with E-state index in [9.17, 15) is 13.2 Å². The summed E-state index contributed by atoms with van der Waals surface area (Å²) >= 11 is 0. The third-order valence-electron chi connectivity index (χ3n) is 4.31. The lowest BCUT2D eigenvalue weighted by molar-refractivity contribution is 0.0734. The molecule has 0 radical (unpaired) electrons. The van der Waals surface area contributed by atoms with Crippen molar-refractivity contribution in [2.24, 2.45) is 5.14 Å². The highest BCUT2D eigenvalue weighted by Gasteiger charge is 2.25. The van der Waals surface area contributed by atoms with Crippen molar-refractivity contribution in [2.45, 2.75) is 13.0 Å². The molecule has 9 heteroatoms. The lowest BCUT2D eigenvalue weighted by Crippen LogP contribution is -2.36. The topological polar surface area (TPSA) is 108 Å². The standard InChI is InChI=1S/C18H20N2O6S/c1-24-15-5-3-4-13(8-15)18(21)20-7-6-12-9-17(26-27(19,22)23)16(25-2)10-14(12)11-20/h3-5,8-10H,6-7,11H2,1-2H3,(H2,19,22,23). The first-order valence-corrected chi connectivity index (χ1v) is 9.63. The molecule has 0 unspecified atom stereocenters. The maximum atomic E-state index is 12.8. The molecule has 27 heavy (non-hydrogen) atoms. The number of carbonyl (C=O) groups excluding carboxylic acids is 1. The fourth-order valence-electron chi connectivity index (χ4n) is 3.03. The first-order chi connectivity index (χ1) is 12.8. The van der Waals surface area contributed by atoms with E-state index in [1.165, 1.54) is 7.11 Å². The average Bonchev–Trinajstić information content (AvgIpc) is 2.65. The van der Waals surface area contributed by atoms with E-state index in [-0.39, 0.29) is 17.4 Å². The SMILES string of the molecule is COc1cccc(C(=O)N2CCc3cc(OS(N)(=O)=O)c(OC)cc3C2)c1. The molecule has 0 atom stereocenters. The second-order valence-corrected chi connectivity index (χ2v) is 7.21. The van der Waals surface area contributed by atoms with E-state index in [4.69, 9.17) is 18.8 Å². The molecule has 0 aromatic heterocycles. The Bertz CT molecular complexity index is 974. The number of amides is 1. The van der Waals surface area contributed by atoms with Crippen molar-refractivity contribution in [3.8, 4) is 17.2 Å². The van der Waals surface area contributed by atoms with E-state index in [0.717, 1.165) is 11.1 Å². The Hall–Kier alpha value is -2.78. The first-order valence-electron chi connectivity index (χ1n) is 8.16. The number of nitrogens with two attached hydrogens (primary N) is 1. The first kappa shape index (κ1) is 19.0. The summed E-state index contributed by atoms with van der Waals surface area (Å²) in [6, 6.07) is 10.2. The van der Waals surface area contributed by atoms with Crippen LogP contribution in [0.2, 0.25) is 0 Å². The number of hydrogen-bond acceptors (Lipinski definition) is 6. The van der Waals surface area contributed by atoms with Crippen molar-refractivity contribution >= 4 is 16.2 Å². The van der Waals surface area contributed by atoms with Gasteiger partial charge < -0.3 is 18.6 Å². The van der Waals surface area contributed by atoms with Gasteiger partial charge in [-0.2, -0.15) is 13.6 Å². The van der Waals surface area contributed by atoms with Gasteiger partial charge in [0, 0.05) is 18.7 Å². The van der Waals surface area contributed by atoms with Gasteiger partial charge in [0.25, 0.3) is 5.91 Å². The van der Waals surface area contributed by atoms with Crippen LogP contribution in [0.4, 0.5) is 0 Å². The van der Waals surface area contributed by atoms with Crippen LogP contribution < -0.4 is 18.8 Å². The van der Waals surface area contributed by atoms with Crippen LogP contribution in [0.3, 0.4) is 0 Å². The minimum atomic E-state index is -4.16. The Morgan fingerprint density at radius 3 is 2.48 bits per heavy atom. The number of methoxy groups -OCH3 is 2. The van der Waals surface area contributed by atoms with Crippen molar-refractivity contribution in [3.63, 3.8) is 0 Å². The zero-order valence-corrected chi connectivity index (χ0v) is 15.8. The summed E-state index contributed by atoms with van der Waals surface area (Å²) in [6.45, 7) is 0.863. The molecular formula is C18H20N2O6S. The quantitative estimate of drug-likeness (QED) is 0.826. The molecule has 2 N–H and O–H groups in total. The van der Waals surface area contributed by atoms with Gasteiger partial charge in [-0.15, -0.1) is 0 Å². The number of ether oxygens (including phenoxy) is 2. The van der Waals surface area contributed by atoms with Gasteiger partial charge in [-0.25, -0.2) is 0 Å². The summed E-state index contributed by atoms with van der Waals surface area (Å²) in [5.74, 6) is 0.776. The van der Waals surface area contributed by atoms with Crippen molar-refractivity contribution < 1.29 is 26.9 Å². The molecule has 1 heterocycles. The maximum absolute atomic E-state index is 12.8. The van der Waals surface area contributed by atoms with E-state index in [0.29, 0.717) is 30.8 Å². The molecule has 0 fully saturated rings. The van der Waals surface area contributed by atoms with Crippen LogP contribution in [0.15, 0.2) is 36.4 Å². The Morgan fingerprint density at radius 1 is 1.07 bits per heavy atom. The van der Waals surface area contributed by atoms with Crippen molar-refractivity contribution in [1.29, 1.82) is 0 Å². The number of hydrogen-bond donors (Lipinski definition) is 1. The molecule has 0 aliphatic carbocycles. The molecule has 1 amide bonds. The van der Waals surface area contributed by atoms with Gasteiger partial charge >= 0.3 is 10.3 Å². The largest absolute Gasteiger partial charge is 0.497 e. The number of rotatable bonds is 5. The van der Waals surface area contributed by atoms with Crippen LogP contribution >= 0.6 is 0 Å². The van der Waals surface area contributed by atoms with E-state index < -0.39 is 10.3 Å². The van der Waals surface area contributed by atoms with Gasteiger partial charge in [-0.1, -0.05) is 6.07 Å². The number of carbonyl (C=O) groups is 1. The second kappa shape index (κ2) is 7.45. The molecular weight excluding hydrogens is 372 g/mol. The minimum Gasteiger partial charge on any atom is -0.497 e. The lowest BCUT2D eigenvalue weighted by Gasteiger charge is -2.29. The molecule has 3 rings (SSSR count). The van der Waals surface area contributed by atoms with Crippen molar-refractivity contribution in [2.75, 3.05) is 20.8 Å². The number of benzene rings is 2. The molecule has 0 saturated heterocycles. The monoisotopic (exact) mass is 392 g/mol. The van der Waals surface area contributed by atoms with Crippen molar-refractivity contribution in [3.05, 3.63) is 53.1 Å². The fraction of sp³-hybridized carbons (Fsp3) is 0.278. The Kier molecular flexibility index (Phi) is 5.24. The summed E-state index contributed by atoms with van der Waals surface area (Å²) in [7, 11) is -1.21. The van der Waals surface area contributed by atoms with Gasteiger partial charge in [-0.3, -0.25) is 4.79 Å². The van der Waals surface area contributed by atoms with Crippen LogP contribution in [0.1, 0.15) is 21.5 Å². The highest BCUT2D eigenvalue weighted by atomic mass is 32.2. The fourth-order valence-corrected chi connectivity index (χ4v) is 3.41. The molecule has 0 bridgehead atoms. The van der Waals surface area contributed by atoms with E-state index >= 15 is 0 Å². The van der Waals surface area contributed by atoms with Crippen LogP contribution in [-0.2, 0) is 23.3 Å². The number of nitrogens with zero attached hydrogens (tertiary/aromatic N) is 1. The summed E-state index contributed by atoms with van der Waals surface area (Å²) in [5.41, 5.74) is 2.28. The van der Waals surface area contributed by atoms with E-state index in [1.807, 2.05) is 0 Å². The highest BCUT2D eigenvalue weighted by molar-refractivity contribution is 7.84. The molecule has 1 aliphatic heterocycles. The van der Waals surface area contributed by atoms with Gasteiger partial charge in [0.2, 0.25) is 0 Å². The number of fused-ring (bicyclic) bond motifs is 1. The molecule has 0 saturated carbocycles. The zero-order chi connectivity index (χ0) is 19.6. The molecule has 2 aromatic rings. The lowest BCUT2D eigenvalue weighted by atomic mass is 9.98. The van der Waals surface area contributed by atoms with Crippen LogP contribution in [0.5, 0.6) is 17.2 Å². The van der Waals surface area contributed by atoms with Crippen molar-refractivity contribution in [1.82, 2.24) is 4.90 Å². The van der Waals surface area contributed by atoms with Crippen LogP contribution in [0, 0.1) is 0 Å². The third-order valence-corrected chi connectivity index (χ3v) is 4.72. The zero-order valence-electron chi connectivity index (χ0n) is 15.0. The molecule has 8 nitrogen and oxygen atoms in total. The van der Waals surface area contributed by atoms with Gasteiger partial charge in [0.05, 0.1) is 14.2 Å². The summed E-state index contributed by atoms with van der Waals surface area (Å²) in [4.78, 5) is 14.5. The van der Waals surface area contributed by atoms with Gasteiger partial charge in [0.1, 0.15) is 5.75 Å². The highest BCUT2D eigenvalue weighted by Crippen LogP contribution is 2.34. The summed E-state index contributed by atoms with van der Waals surface area (Å²) < 4.78 is 37.6. The normalized spacial score (nSPS) is 13.7. The summed E-state index contributed by atoms with van der Waals surface area (Å²) in [6.07, 6.45) is 0.552. The van der Waals surface area contributed by atoms with Gasteiger partial charge in [-0.05, 0) is 47.9 Å². The molecule has 2 aromatic carbocycles. The average molecular weight is 392 g/mol. The van der Waals surface area contributed by atoms with Crippen LogP contribution in [-0.4, -0.2) is 40.0 Å². The second-order valence-electron chi connectivity index (χ2n) is 6.06. The summed E-state index contributed by atoms with van der Waals surface area (Å²) in [5, 5.41) is 4.95. The molecule has 144 valence electrons. The maximum Gasteiger partial charge on any atom is 0.380 e. The van der Waals surface area contributed by atoms with Gasteiger partial charge in [0.15, 0.2) is 11.5 Å². The molecule has 0 spiro atoms.